The van der Waals surface area contributed by atoms with Crippen LogP contribution in [0.3, 0.4) is 0 Å². The maximum atomic E-state index is 12.8. The highest BCUT2D eigenvalue weighted by atomic mass is 32.2. The highest BCUT2D eigenvalue weighted by Crippen LogP contribution is 2.30. The topological polar surface area (TPSA) is 109 Å². The first-order chi connectivity index (χ1) is 16.3. The van der Waals surface area contributed by atoms with Crippen molar-refractivity contribution in [1.82, 2.24) is 9.55 Å². The number of para-hydroxylation sites is 1. The molecule has 1 N–H and O–H groups in total. The number of anilines is 1. The van der Waals surface area contributed by atoms with Crippen LogP contribution in [0.4, 0.5) is 5.69 Å². The number of esters is 1. The number of thioether (sulfide) groups is 1. The minimum atomic E-state index is -0.630. The molecular weight excluding hydrogens is 458 g/mol. The highest BCUT2D eigenvalue weighted by molar-refractivity contribution is 7.99. The van der Waals surface area contributed by atoms with Crippen molar-refractivity contribution in [2.24, 2.45) is 7.05 Å². The molecule has 34 heavy (non-hydrogen) atoms. The fourth-order valence-electron chi connectivity index (χ4n) is 3.15. The van der Waals surface area contributed by atoms with E-state index in [9.17, 15) is 14.4 Å². The monoisotopic (exact) mass is 483 g/mol. The Kier molecular flexibility index (Phi) is 8.31. The molecule has 0 unspecified atom stereocenters. The summed E-state index contributed by atoms with van der Waals surface area (Å²) >= 11 is 1.29. The quantitative estimate of drug-likeness (QED) is 0.264. The number of benzene rings is 2. The molecule has 0 spiro atoms. The van der Waals surface area contributed by atoms with Gasteiger partial charge in [-0.2, -0.15) is 0 Å². The first kappa shape index (κ1) is 24.8. The molecule has 0 saturated carbocycles. The Morgan fingerprint density at radius 3 is 2.44 bits per heavy atom. The number of hydrogen-bond donors (Lipinski definition) is 1. The number of ether oxygens (including phenoxy) is 3. The molecule has 1 amide bonds. The molecule has 0 fully saturated rings. The third-order valence-corrected chi connectivity index (χ3v) is 5.93. The molecule has 3 aromatic rings. The Bertz CT molecular complexity index is 1210. The van der Waals surface area contributed by atoms with Crippen molar-refractivity contribution in [1.29, 1.82) is 0 Å². The number of carbonyl (C=O) groups is 3. The lowest BCUT2D eigenvalue weighted by Crippen LogP contribution is -2.17. The predicted octanol–water partition coefficient (Wildman–Crippen LogP) is 3.73. The second-order valence-corrected chi connectivity index (χ2v) is 8.14. The molecule has 0 aliphatic rings. The average molecular weight is 484 g/mol. The zero-order valence-electron chi connectivity index (χ0n) is 19.3. The largest absolute Gasteiger partial charge is 0.496 e. The normalized spacial score (nSPS) is 10.5. The molecule has 0 radical (unpaired) electrons. The van der Waals surface area contributed by atoms with E-state index in [2.05, 4.69) is 10.3 Å². The van der Waals surface area contributed by atoms with Gasteiger partial charge in [0.2, 0.25) is 5.91 Å². The summed E-state index contributed by atoms with van der Waals surface area (Å²) < 4.78 is 17.9. The van der Waals surface area contributed by atoms with Crippen LogP contribution in [0.1, 0.15) is 33.2 Å². The SMILES string of the molecule is COc1cc(OC)c(C(C)=O)cc1COC(=O)c1ccccc1NC(=O)CSc1nccn1C. The average Bonchev–Trinajstić information content (AvgIpc) is 3.25. The van der Waals surface area contributed by atoms with E-state index in [-0.39, 0.29) is 29.6 Å². The van der Waals surface area contributed by atoms with Crippen molar-refractivity contribution in [3.63, 3.8) is 0 Å². The second kappa shape index (κ2) is 11.4. The Morgan fingerprint density at radius 2 is 1.79 bits per heavy atom. The van der Waals surface area contributed by atoms with Crippen LogP contribution >= 0.6 is 11.8 Å². The van der Waals surface area contributed by atoms with E-state index >= 15 is 0 Å². The molecule has 0 atom stereocenters. The molecule has 0 bridgehead atoms. The van der Waals surface area contributed by atoms with Crippen LogP contribution < -0.4 is 14.8 Å². The third kappa shape index (κ3) is 5.96. The van der Waals surface area contributed by atoms with Crippen LogP contribution in [0.5, 0.6) is 11.5 Å². The molecule has 9 nitrogen and oxygen atoms in total. The molecular formula is C24H25N3O6S. The van der Waals surface area contributed by atoms with E-state index in [4.69, 9.17) is 14.2 Å². The lowest BCUT2D eigenvalue weighted by atomic mass is 10.1. The van der Waals surface area contributed by atoms with Gasteiger partial charge in [0, 0.05) is 31.1 Å². The molecule has 178 valence electrons. The molecule has 0 saturated heterocycles. The first-order valence-corrected chi connectivity index (χ1v) is 11.2. The van der Waals surface area contributed by atoms with E-state index in [0.717, 1.165) is 0 Å². The number of ketones is 1. The number of carbonyl (C=O) groups excluding carboxylic acids is 3. The summed E-state index contributed by atoms with van der Waals surface area (Å²) in [6.45, 7) is 1.29. The van der Waals surface area contributed by atoms with Gasteiger partial charge in [0.25, 0.3) is 0 Å². The van der Waals surface area contributed by atoms with Crippen molar-refractivity contribution in [3.8, 4) is 11.5 Å². The second-order valence-electron chi connectivity index (χ2n) is 7.20. The molecule has 1 aromatic heterocycles. The maximum Gasteiger partial charge on any atom is 0.340 e. The summed E-state index contributed by atoms with van der Waals surface area (Å²) in [4.78, 5) is 41.4. The summed E-state index contributed by atoms with van der Waals surface area (Å²) in [5.41, 5.74) is 1.41. The Hall–Kier alpha value is -3.79. The van der Waals surface area contributed by atoms with Crippen molar-refractivity contribution < 1.29 is 28.6 Å². The number of nitrogens with one attached hydrogen (secondary N) is 1. The zero-order valence-corrected chi connectivity index (χ0v) is 20.1. The number of methoxy groups -OCH3 is 2. The summed E-state index contributed by atoms with van der Waals surface area (Å²) in [6, 6.07) is 9.74. The lowest BCUT2D eigenvalue weighted by molar-refractivity contribution is -0.113. The van der Waals surface area contributed by atoms with Gasteiger partial charge >= 0.3 is 5.97 Å². The van der Waals surface area contributed by atoms with Crippen molar-refractivity contribution >= 4 is 35.1 Å². The van der Waals surface area contributed by atoms with Gasteiger partial charge in [-0.15, -0.1) is 0 Å². The van der Waals surface area contributed by atoms with Gasteiger partial charge in [-0.05, 0) is 25.1 Å². The number of aryl methyl sites for hydroxylation is 1. The van der Waals surface area contributed by atoms with Crippen LogP contribution in [0.25, 0.3) is 0 Å². The highest BCUT2D eigenvalue weighted by Gasteiger charge is 2.18. The smallest absolute Gasteiger partial charge is 0.340 e. The Balaban J connectivity index is 1.70. The summed E-state index contributed by atoms with van der Waals surface area (Å²) in [5.74, 6) is -0.182. The summed E-state index contributed by atoms with van der Waals surface area (Å²) in [6.07, 6.45) is 3.45. The lowest BCUT2D eigenvalue weighted by Gasteiger charge is -2.15. The number of imidazole rings is 1. The van der Waals surface area contributed by atoms with Gasteiger partial charge in [0.1, 0.15) is 18.1 Å². The first-order valence-electron chi connectivity index (χ1n) is 10.3. The predicted molar refractivity (Wildman–Crippen MR) is 128 cm³/mol. The summed E-state index contributed by atoms with van der Waals surface area (Å²) in [5, 5.41) is 3.46. The fraction of sp³-hybridized carbons (Fsp3) is 0.250. The number of nitrogens with zero attached hydrogens (tertiary/aromatic N) is 2. The number of hydrogen-bond acceptors (Lipinski definition) is 8. The van der Waals surface area contributed by atoms with E-state index in [0.29, 0.717) is 33.5 Å². The van der Waals surface area contributed by atoms with Crippen LogP contribution in [0.2, 0.25) is 0 Å². The van der Waals surface area contributed by atoms with Crippen molar-refractivity contribution in [3.05, 3.63) is 65.5 Å². The molecule has 2 aromatic carbocycles. The van der Waals surface area contributed by atoms with E-state index in [1.807, 2.05) is 11.6 Å². The van der Waals surface area contributed by atoms with Gasteiger partial charge in [-0.25, -0.2) is 9.78 Å². The molecule has 0 aliphatic carbocycles. The Morgan fingerprint density at radius 1 is 1.06 bits per heavy atom. The van der Waals surface area contributed by atoms with Gasteiger partial charge in [-0.1, -0.05) is 23.9 Å². The van der Waals surface area contributed by atoms with Crippen LogP contribution in [0.15, 0.2) is 53.9 Å². The minimum absolute atomic E-state index is 0.130. The van der Waals surface area contributed by atoms with E-state index in [1.165, 1.54) is 32.9 Å². The van der Waals surface area contributed by atoms with Gasteiger partial charge in [0.05, 0.1) is 36.8 Å². The maximum absolute atomic E-state index is 12.8. The third-order valence-electron chi connectivity index (χ3n) is 4.87. The fourth-order valence-corrected chi connectivity index (χ4v) is 3.88. The van der Waals surface area contributed by atoms with Crippen molar-refractivity contribution in [2.75, 3.05) is 25.3 Å². The van der Waals surface area contributed by atoms with E-state index < -0.39 is 5.97 Å². The molecule has 0 aliphatic heterocycles. The standard InChI is InChI=1S/C24H25N3O6S/c1-15(28)18-11-16(20(31-3)12-21(18)32-4)13-33-23(30)17-7-5-6-8-19(17)26-22(29)14-34-24-25-9-10-27(24)2/h5-12H,13-14H2,1-4H3,(H,26,29). The molecule has 1 heterocycles. The van der Waals surface area contributed by atoms with Gasteiger partial charge in [-0.3, -0.25) is 9.59 Å². The van der Waals surface area contributed by atoms with Crippen molar-refractivity contribution in [2.45, 2.75) is 18.7 Å². The number of aromatic nitrogens is 2. The molecule has 10 heteroatoms. The minimum Gasteiger partial charge on any atom is -0.496 e. The molecule has 3 rings (SSSR count). The van der Waals surface area contributed by atoms with Crippen LogP contribution in [0, 0.1) is 0 Å². The van der Waals surface area contributed by atoms with Crippen LogP contribution in [-0.4, -0.2) is 47.2 Å². The number of amides is 1. The number of Topliss-reactive ketones (excluding diaryl/α,β-unsaturated/α-hetero) is 1. The van der Waals surface area contributed by atoms with Crippen LogP contribution in [-0.2, 0) is 23.2 Å². The van der Waals surface area contributed by atoms with Gasteiger partial charge in [0.15, 0.2) is 10.9 Å². The Labute approximate surface area is 201 Å². The van der Waals surface area contributed by atoms with Gasteiger partial charge < -0.3 is 24.1 Å². The van der Waals surface area contributed by atoms with E-state index in [1.54, 1.807) is 48.8 Å². The zero-order chi connectivity index (χ0) is 24.7. The summed E-state index contributed by atoms with van der Waals surface area (Å²) in [7, 11) is 4.78. The number of rotatable bonds is 10.